The van der Waals surface area contributed by atoms with Crippen LogP contribution in [-0.4, -0.2) is 58.0 Å². The number of H-pyrrole nitrogens is 1. The summed E-state index contributed by atoms with van der Waals surface area (Å²) in [6.45, 7) is -0.427. The van der Waals surface area contributed by atoms with Gasteiger partial charge in [0.1, 0.15) is 31.2 Å². The number of aliphatic hydroxyl groups is 1. The molecule has 37 heavy (non-hydrogen) atoms. The standard InChI is InChI=1S/C22H30F2N3O8PS/c1-14(2)33-20(30)15(3)26-36(37,35-17-8-6-5-7-9-17)32-13-22(24,16(4)28)34-19(12-23)27-11-10-18(29)25-21(27)31/h5-11,14-16,19,28H,12-13H2,1-4H3,(H,26,37)(H,25,29,31)/t15-,16-,19+,22+,36?/m0/s1. The number of aliphatic hydroxyl groups excluding tert-OH is 1. The topological polar surface area (TPSA) is 141 Å². The van der Waals surface area contributed by atoms with Crippen LogP contribution in [0, 0.1) is 0 Å². The maximum absolute atomic E-state index is 15.8. The largest absolute Gasteiger partial charge is 0.462 e. The average Bonchev–Trinajstić information content (AvgIpc) is 2.81. The molecule has 0 fully saturated rings. The molecule has 0 aliphatic carbocycles. The minimum absolute atomic E-state index is 0.242. The first-order chi connectivity index (χ1) is 17.3. The summed E-state index contributed by atoms with van der Waals surface area (Å²) >= 11 is 5.49. The van der Waals surface area contributed by atoms with E-state index < -0.39 is 67.5 Å². The summed E-state index contributed by atoms with van der Waals surface area (Å²) < 4.78 is 51.8. The molecule has 0 amide bonds. The molecule has 1 unspecified atom stereocenters. The first-order valence-corrected chi connectivity index (χ1v) is 13.8. The quantitative estimate of drug-likeness (QED) is 0.231. The molecular weight excluding hydrogens is 535 g/mol. The predicted octanol–water partition coefficient (Wildman–Crippen LogP) is 2.32. The first-order valence-electron chi connectivity index (χ1n) is 11.2. The maximum atomic E-state index is 15.8. The van der Waals surface area contributed by atoms with Crippen molar-refractivity contribution in [3.63, 3.8) is 0 Å². The molecule has 0 bridgehead atoms. The van der Waals surface area contributed by atoms with E-state index in [1.165, 1.54) is 6.92 Å². The zero-order chi connectivity index (χ0) is 27.8. The highest BCUT2D eigenvalue weighted by Crippen LogP contribution is 2.46. The highest BCUT2D eigenvalue weighted by Gasteiger charge is 2.43. The average molecular weight is 566 g/mol. The number of benzene rings is 1. The normalized spacial score (nSPS) is 17.3. The van der Waals surface area contributed by atoms with Crippen molar-refractivity contribution in [1.29, 1.82) is 0 Å². The molecule has 0 saturated carbocycles. The van der Waals surface area contributed by atoms with Crippen molar-refractivity contribution in [2.24, 2.45) is 0 Å². The third-order valence-corrected chi connectivity index (χ3v) is 7.19. The van der Waals surface area contributed by atoms with Gasteiger partial charge in [0.2, 0.25) is 0 Å². The second-order valence-corrected chi connectivity index (χ2v) is 11.4. The number of aromatic amines is 1. The minimum Gasteiger partial charge on any atom is -0.462 e. The van der Waals surface area contributed by atoms with Crippen molar-refractivity contribution in [2.75, 3.05) is 13.3 Å². The Morgan fingerprint density at radius 1 is 1.22 bits per heavy atom. The third-order valence-electron chi connectivity index (χ3n) is 4.71. The SMILES string of the molecule is CC(C)OC(=O)[C@H](C)NP(=S)(OC[C@@](F)(O[C@H](CF)n1ccc(=O)[nH]c1=O)[C@H](C)O)Oc1ccccc1. The molecule has 3 N–H and O–H groups in total. The lowest BCUT2D eigenvalue weighted by Crippen LogP contribution is -2.47. The highest BCUT2D eigenvalue weighted by molar-refractivity contribution is 8.09. The van der Waals surface area contributed by atoms with Gasteiger partial charge in [0.15, 0.2) is 6.23 Å². The van der Waals surface area contributed by atoms with Crippen LogP contribution in [0.4, 0.5) is 8.78 Å². The highest BCUT2D eigenvalue weighted by atomic mass is 32.5. The Balaban J connectivity index is 2.31. The number of para-hydroxylation sites is 1. The number of ether oxygens (including phenoxy) is 2. The summed E-state index contributed by atoms with van der Waals surface area (Å²) in [5, 5.41) is 12.8. The number of hydrogen-bond acceptors (Lipinski definition) is 9. The fourth-order valence-electron chi connectivity index (χ4n) is 2.80. The van der Waals surface area contributed by atoms with Gasteiger partial charge in [-0.3, -0.25) is 19.1 Å². The van der Waals surface area contributed by atoms with Gasteiger partial charge >= 0.3 is 18.3 Å². The number of nitrogens with zero attached hydrogens (tertiary/aromatic N) is 1. The van der Waals surface area contributed by atoms with Gasteiger partial charge < -0.3 is 23.6 Å². The molecular formula is C22H30F2N3O8PS. The van der Waals surface area contributed by atoms with E-state index in [0.29, 0.717) is 4.57 Å². The molecule has 0 aliphatic heterocycles. The number of alkyl halides is 2. The molecule has 2 rings (SSSR count). The second kappa shape index (κ2) is 13.4. The molecule has 0 radical (unpaired) electrons. The Kier molecular flexibility index (Phi) is 11.1. The zero-order valence-electron chi connectivity index (χ0n) is 20.6. The number of carbonyl (C=O) groups is 1. The van der Waals surface area contributed by atoms with Crippen molar-refractivity contribution >= 4 is 24.4 Å². The molecule has 0 aliphatic rings. The van der Waals surface area contributed by atoms with Gasteiger partial charge in [-0.15, -0.1) is 0 Å². The van der Waals surface area contributed by atoms with Crippen molar-refractivity contribution < 1.29 is 37.2 Å². The van der Waals surface area contributed by atoms with Crippen LogP contribution in [-0.2, 0) is 30.6 Å². The van der Waals surface area contributed by atoms with Crippen molar-refractivity contribution in [1.82, 2.24) is 14.6 Å². The number of aromatic nitrogens is 2. The Labute approximate surface area is 216 Å². The molecule has 11 nitrogen and oxygen atoms in total. The summed E-state index contributed by atoms with van der Waals surface area (Å²) in [4.78, 5) is 37.6. The van der Waals surface area contributed by atoms with Gasteiger partial charge in [0, 0.05) is 12.3 Å². The monoisotopic (exact) mass is 565 g/mol. The van der Waals surface area contributed by atoms with Gasteiger partial charge in [0.25, 0.3) is 11.4 Å². The van der Waals surface area contributed by atoms with Crippen molar-refractivity contribution in [3.8, 4) is 5.75 Å². The van der Waals surface area contributed by atoms with Crippen LogP contribution in [0.5, 0.6) is 5.75 Å². The number of hydrogen-bond donors (Lipinski definition) is 3. The predicted molar refractivity (Wildman–Crippen MR) is 134 cm³/mol. The van der Waals surface area contributed by atoms with E-state index in [4.69, 9.17) is 30.3 Å². The molecule has 0 spiro atoms. The molecule has 5 atom stereocenters. The zero-order valence-corrected chi connectivity index (χ0v) is 22.3. The van der Waals surface area contributed by atoms with Crippen molar-refractivity contribution in [2.45, 2.75) is 58.0 Å². The van der Waals surface area contributed by atoms with Crippen LogP contribution in [0.3, 0.4) is 0 Å². The Bertz CT molecular complexity index is 1200. The number of halogens is 2. The van der Waals surface area contributed by atoms with Gasteiger partial charge in [-0.05, 0) is 51.6 Å². The van der Waals surface area contributed by atoms with Crippen LogP contribution in [0.25, 0.3) is 0 Å². The summed E-state index contributed by atoms with van der Waals surface area (Å²) in [6, 6.07) is 8.02. The fourth-order valence-corrected chi connectivity index (χ4v) is 5.20. The van der Waals surface area contributed by atoms with Crippen LogP contribution >= 0.6 is 6.64 Å². The van der Waals surface area contributed by atoms with Gasteiger partial charge in [-0.1, -0.05) is 18.2 Å². The summed E-state index contributed by atoms with van der Waals surface area (Å²) in [7, 11) is 0. The number of nitrogens with one attached hydrogen (secondary N) is 2. The lowest BCUT2D eigenvalue weighted by molar-refractivity contribution is -0.260. The minimum atomic E-state index is -3.73. The lowest BCUT2D eigenvalue weighted by atomic mass is 10.2. The van der Waals surface area contributed by atoms with E-state index >= 15 is 4.39 Å². The maximum Gasteiger partial charge on any atom is 0.330 e. The first kappa shape index (κ1) is 30.7. The Hall–Kier alpha value is -2.48. The Morgan fingerprint density at radius 2 is 1.86 bits per heavy atom. The summed E-state index contributed by atoms with van der Waals surface area (Å²) in [5.41, 5.74) is -1.81. The third kappa shape index (κ3) is 9.09. The van der Waals surface area contributed by atoms with Crippen LogP contribution in [0.1, 0.15) is 33.9 Å². The molecule has 0 saturated heterocycles. The van der Waals surface area contributed by atoms with E-state index in [0.717, 1.165) is 19.2 Å². The molecule has 1 aromatic carbocycles. The molecule has 206 valence electrons. The number of rotatable bonds is 14. The van der Waals surface area contributed by atoms with E-state index in [-0.39, 0.29) is 5.75 Å². The van der Waals surface area contributed by atoms with Crippen molar-refractivity contribution in [3.05, 3.63) is 63.4 Å². The lowest BCUT2D eigenvalue weighted by Gasteiger charge is -2.34. The number of carbonyl (C=O) groups excluding carboxylic acids is 1. The molecule has 1 heterocycles. The van der Waals surface area contributed by atoms with Crippen LogP contribution in [0.15, 0.2) is 52.2 Å². The Morgan fingerprint density at radius 3 is 2.41 bits per heavy atom. The van der Waals surface area contributed by atoms with Gasteiger partial charge in [-0.25, -0.2) is 18.7 Å². The van der Waals surface area contributed by atoms with Gasteiger partial charge in [0.05, 0.1) is 6.10 Å². The summed E-state index contributed by atoms with van der Waals surface area (Å²) in [5.74, 6) is -3.52. The van der Waals surface area contributed by atoms with E-state index in [2.05, 4.69) is 5.09 Å². The number of esters is 1. The fraction of sp³-hybridized carbons (Fsp3) is 0.500. The molecule has 15 heteroatoms. The second-order valence-electron chi connectivity index (χ2n) is 8.22. The summed E-state index contributed by atoms with van der Waals surface area (Å²) in [6.07, 6.45) is -3.26. The van der Waals surface area contributed by atoms with Gasteiger partial charge in [-0.2, -0.15) is 0 Å². The smallest absolute Gasteiger partial charge is 0.330 e. The van der Waals surface area contributed by atoms with Crippen LogP contribution < -0.4 is 20.9 Å². The van der Waals surface area contributed by atoms with Crippen LogP contribution in [0.2, 0.25) is 0 Å². The molecule has 1 aromatic heterocycles. The van der Waals surface area contributed by atoms with E-state index in [9.17, 15) is 23.9 Å². The van der Waals surface area contributed by atoms with E-state index in [1.54, 1.807) is 44.2 Å². The molecule has 2 aromatic rings. The van der Waals surface area contributed by atoms with E-state index in [1.807, 2.05) is 4.98 Å².